The summed E-state index contributed by atoms with van der Waals surface area (Å²) in [6, 6.07) is 103. The van der Waals surface area contributed by atoms with Crippen LogP contribution in [0.5, 0.6) is 0 Å². The highest BCUT2D eigenvalue weighted by Crippen LogP contribution is 2.48. The van der Waals surface area contributed by atoms with Crippen LogP contribution in [0.3, 0.4) is 0 Å². The van der Waals surface area contributed by atoms with E-state index in [1.165, 1.54) is 5.56 Å². The molecule has 0 fully saturated rings. The summed E-state index contributed by atoms with van der Waals surface area (Å²) in [4.78, 5) is 7.03. The van der Waals surface area contributed by atoms with Crippen LogP contribution in [0.2, 0.25) is 0 Å². The maximum absolute atomic E-state index is 6.67. The average molecular weight is 1080 g/mol. The van der Waals surface area contributed by atoms with E-state index >= 15 is 0 Å². The molecule has 5 nitrogen and oxygen atoms in total. The molecule has 0 bridgehead atoms. The molecule has 2 heterocycles. The highest BCUT2D eigenvalue weighted by Gasteiger charge is 2.25. The van der Waals surface area contributed by atoms with E-state index in [-0.39, 0.29) is 0 Å². The van der Waals surface area contributed by atoms with Crippen LogP contribution in [0.1, 0.15) is 41.1 Å². The number of anilines is 9. The summed E-state index contributed by atoms with van der Waals surface area (Å²) in [5, 5.41) is 2.24. The minimum absolute atomic E-state index is 0.770. The quantitative estimate of drug-likeness (QED) is 0.115. The maximum atomic E-state index is 6.67. The summed E-state index contributed by atoms with van der Waals surface area (Å²) in [5.41, 5.74) is 21.4. The molecule has 0 amide bonds. The zero-order valence-electron chi connectivity index (χ0n) is 46.1. The van der Waals surface area contributed by atoms with E-state index in [0.717, 1.165) is 154 Å². The molecular formula is C79H55N3O2. The minimum Gasteiger partial charge on any atom is -0.460 e. The first-order chi connectivity index (χ1) is 41.6. The predicted molar refractivity (Wildman–Crippen MR) is 349 cm³/mol. The highest BCUT2D eigenvalue weighted by atomic mass is 16.3. The van der Waals surface area contributed by atoms with Crippen molar-refractivity contribution in [3.63, 3.8) is 0 Å². The number of para-hydroxylation sites is 4. The maximum Gasteiger partial charge on any atom is 0.143 e. The van der Waals surface area contributed by atoms with Crippen molar-refractivity contribution in [2.75, 3.05) is 14.7 Å². The van der Waals surface area contributed by atoms with Gasteiger partial charge in [0.1, 0.15) is 22.7 Å². The molecule has 0 saturated carbocycles. The van der Waals surface area contributed by atoms with Gasteiger partial charge in [-0.25, -0.2) is 0 Å². The molecule has 0 unspecified atom stereocenters. The van der Waals surface area contributed by atoms with Crippen LogP contribution in [0.15, 0.2) is 294 Å². The third-order valence-corrected chi connectivity index (χ3v) is 16.1. The first-order valence-corrected chi connectivity index (χ1v) is 28.8. The number of hydrogen-bond acceptors (Lipinski definition) is 5. The van der Waals surface area contributed by atoms with Gasteiger partial charge in [0, 0.05) is 73.5 Å². The van der Waals surface area contributed by atoms with Crippen LogP contribution in [0.4, 0.5) is 51.2 Å². The Morgan fingerprint density at radius 1 is 0.357 bits per heavy atom. The van der Waals surface area contributed by atoms with Gasteiger partial charge >= 0.3 is 0 Å². The lowest BCUT2D eigenvalue weighted by molar-refractivity contribution is 0.547. The summed E-state index contributed by atoms with van der Waals surface area (Å²) < 4.78 is 13.3. The summed E-state index contributed by atoms with van der Waals surface area (Å²) in [7, 11) is 0. The number of nitrogens with zero attached hydrogens (tertiary/aromatic N) is 3. The highest BCUT2D eigenvalue weighted by molar-refractivity contribution is 6.00. The lowest BCUT2D eigenvalue weighted by Crippen LogP contribution is -2.16. The molecule has 0 aliphatic heterocycles. The fourth-order valence-corrected chi connectivity index (χ4v) is 12.1. The molecule has 0 radical (unpaired) electrons. The number of furan rings is 2. The zero-order valence-corrected chi connectivity index (χ0v) is 46.1. The molecule has 5 heteroatoms. The summed E-state index contributed by atoms with van der Waals surface area (Å²) in [5.74, 6) is 1.90. The Kier molecular flexibility index (Phi) is 12.9. The largest absolute Gasteiger partial charge is 0.460 e. The number of benzene rings is 10. The van der Waals surface area contributed by atoms with Gasteiger partial charge in [-0.2, -0.15) is 0 Å². The van der Waals surface area contributed by atoms with E-state index in [4.69, 9.17) is 8.83 Å². The molecule has 13 aromatic rings. The fourth-order valence-electron chi connectivity index (χ4n) is 12.1. The lowest BCUT2D eigenvalue weighted by Gasteiger charge is -2.32. The van der Waals surface area contributed by atoms with Gasteiger partial charge in [0.15, 0.2) is 0 Å². The minimum atomic E-state index is 0.770. The van der Waals surface area contributed by atoms with Gasteiger partial charge in [-0.15, -0.1) is 0 Å². The van der Waals surface area contributed by atoms with Crippen LogP contribution in [0.25, 0.3) is 73.0 Å². The average Bonchev–Trinajstić information content (AvgIpc) is 4.25. The van der Waals surface area contributed by atoms with Crippen molar-refractivity contribution < 1.29 is 8.83 Å². The Morgan fingerprint density at radius 3 is 1.45 bits per heavy atom. The van der Waals surface area contributed by atoms with Crippen molar-refractivity contribution in [3.05, 3.63) is 325 Å². The smallest absolute Gasteiger partial charge is 0.143 e. The van der Waals surface area contributed by atoms with E-state index in [1.807, 2.05) is 12.1 Å². The third kappa shape index (κ3) is 9.42. The van der Waals surface area contributed by atoms with E-state index in [0.29, 0.717) is 0 Å². The van der Waals surface area contributed by atoms with Crippen LogP contribution in [-0.4, -0.2) is 0 Å². The number of aryl methyl sites for hydroxylation is 1. The van der Waals surface area contributed by atoms with Crippen LogP contribution in [-0.2, 0) is 6.42 Å². The Morgan fingerprint density at radius 2 is 0.857 bits per heavy atom. The van der Waals surface area contributed by atoms with Gasteiger partial charge < -0.3 is 23.5 Å². The molecular weight excluding hydrogens is 1020 g/mol. The van der Waals surface area contributed by atoms with Gasteiger partial charge in [-0.05, 0) is 144 Å². The van der Waals surface area contributed by atoms with Gasteiger partial charge in [-0.3, -0.25) is 0 Å². The van der Waals surface area contributed by atoms with Crippen LogP contribution < -0.4 is 14.7 Å². The van der Waals surface area contributed by atoms with E-state index < -0.39 is 0 Å². The molecule has 0 spiro atoms. The van der Waals surface area contributed by atoms with Crippen molar-refractivity contribution in [2.24, 2.45) is 0 Å². The van der Waals surface area contributed by atoms with Crippen LogP contribution in [0, 0.1) is 12.1 Å². The summed E-state index contributed by atoms with van der Waals surface area (Å²) >= 11 is 0. The molecule has 84 heavy (non-hydrogen) atoms. The molecule has 2 aliphatic rings. The van der Waals surface area contributed by atoms with E-state index in [2.05, 4.69) is 312 Å². The van der Waals surface area contributed by atoms with Crippen molar-refractivity contribution in [1.29, 1.82) is 0 Å². The fraction of sp³-hybridized carbons (Fsp3) is 0.0380. The molecule has 2 aromatic heterocycles. The van der Waals surface area contributed by atoms with Gasteiger partial charge in [0.05, 0.1) is 22.7 Å². The molecule has 15 rings (SSSR count). The second-order valence-corrected chi connectivity index (χ2v) is 21.3. The monoisotopic (exact) mass is 1080 g/mol. The molecule has 11 aromatic carbocycles. The standard InChI is InChI=1S/C79H55N3O2/c1-5-20-55(21-6-1)57-36-44-63(45-37-57)81(65-48-40-59(41-49-65)70-28-13-14-31-74-72-29-15-17-34-76(72)83-78(70)74)68-52-67(80(61-24-9-3-10-25-61)62-26-11-4-12-27-62)53-69(54-68)82(64-46-38-58(39-47-64)56-22-7-2-8-23-56)66-50-42-60(43-51-66)71-32-19-33-75-73-30-16-18-35-77(73)84-79(71)75/h1-12,14-17,19-34,36-40,42-48,50-54H,13,18,35H2. The van der Waals surface area contributed by atoms with Crippen molar-refractivity contribution >= 4 is 90.9 Å². The van der Waals surface area contributed by atoms with Crippen LogP contribution >= 0.6 is 0 Å². The molecule has 398 valence electrons. The van der Waals surface area contributed by atoms with Crippen molar-refractivity contribution in [1.82, 2.24) is 0 Å². The predicted octanol–water partition coefficient (Wildman–Crippen LogP) is 22.0. The topological polar surface area (TPSA) is 36.0 Å². The Labute approximate surface area is 489 Å². The van der Waals surface area contributed by atoms with E-state index in [9.17, 15) is 0 Å². The van der Waals surface area contributed by atoms with Gasteiger partial charge in [0.25, 0.3) is 0 Å². The van der Waals surface area contributed by atoms with Gasteiger partial charge in [0.2, 0.25) is 0 Å². The summed E-state index contributed by atoms with van der Waals surface area (Å²) in [6.45, 7) is 0. The molecule has 0 saturated heterocycles. The second kappa shape index (κ2) is 21.8. The number of rotatable bonds is 13. The van der Waals surface area contributed by atoms with E-state index in [1.54, 1.807) is 0 Å². The molecule has 0 atom stereocenters. The number of fused-ring (bicyclic) bond motifs is 6. The van der Waals surface area contributed by atoms with Gasteiger partial charge in [-0.1, -0.05) is 206 Å². The summed E-state index contributed by atoms with van der Waals surface area (Å²) in [6.07, 6.45) is 13.7. The first-order valence-electron chi connectivity index (χ1n) is 28.8. The SMILES string of the molecule is c1c(C2=CCC=Cc3c2oc2ccccc32)ccc(N(c2ccc(-c3ccccc3)cc2)c2cc(N(c3ccccc3)c3ccccc3)cc(N(c3ccc(-c4ccccc4)cc3)c3ccc(-c4cccc5c6c(oc45)CCC=C6)cc3)c2)c#1. The third-order valence-electron chi connectivity index (χ3n) is 16.1. The Bertz CT molecular complexity index is 4540. The Balaban J connectivity index is 0.931. The zero-order chi connectivity index (χ0) is 55.8. The lowest BCUT2D eigenvalue weighted by atomic mass is 9.98. The van der Waals surface area contributed by atoms with Crippen molar-refractivity contribution in [3.8, 4) is 33.4 Å². The second-order valence-electron chi connectivity index (χ2n) is 21.3. The van der Waals surface area contributed by atoms with Crippen molar-refractivity contribution in [2.45, 2.75) is 19.3 Å². The molecule has 2 aliphatic carbocycles. The normalized spacial score (nSPS) is 12.5. The number of allylic oxidation sites excluding steroid dienone is 3. The molecule has 0 N–H and O–H groups in total. The first kappa shape index (κ1) is 49.9. The number of hydrogen-bond donors (Lipinski definition) is 0. The Hall–Kier alpha value is -11.1.